The van der Waals surface area contributed by atoms with Gasteiger partial charge in [0.25, 0.3) is 0 Å². The van der Waals surface area contributed by atoms with Crippen molar-refractivity contribution in [1.29, 1.82) is 0 Å². The molecule has 1 aromatic rings. The molecule has 2 rings (SSSR count). The van der Waals surface area contributed by atoms with E-state index in [1.165, 1.54) is 0 Å². The molecule has 2 N–H and O–H groups in total. The molecule has 0 aromatic carbocycles. The van der Waals surface area contributed by atoms with Crippen molar-refractivity contribution in [3.63, 3.8) is 0 Å². The molecule has 1 fully saturated rings. The van der Waals surface area contributed by atoms with E-state index in [1.807, 2.05) is 6.07 Å². The van der Waals surface area contributed by atoms with E-state index >= 15 is 0 Å². The number of carbonyl (C=O) groups excluding carboxylic acids is 1. The van der Waals surface area contributed by atoms with Gasteiger partial charge < -0.3 is 15.5 Å². The molecule has 0 atom stereocenters. The van der Waals surface area contributed by atoms with E-state index in [2.05, 4.69) is 32.4 Å². The number of anilines is 2. The standard InChI is InChI=1S/C14H23N5O/c1-3-7-16-14-17-8-4-12(18-14)19-9-5-11(6-10-19)13(20)15-2/h4,8,11H,3,5-7,9-10H2,1-2H3,(H,15,20)(H,16,17,18). The van der Waals surface area contributed by atoms with Crippen LogP contribution in [0.15, 0.2) is 12.3 Å². The zero-order valence-electron chi connectivity index (χ0n) is 12.2. The molecule has 0 unspecified atom stereocenters. The topological polar surface area (TPSA) is 70.2 Å². The van der Waals surface area contributed by atoms with Crippen LogP contribution in [0.1, 0.15) is 26.2 Å². The van der Waals surface area contributed by atoms with Crippen LogP contribution in [-0.2, 0) is 4.79 Å². The van der Waals surface area contributed by atoms with E-state index in [-0.39, 0.29) is 11.8 Å². The average Bonchev–Trinajstić information content (AvgIpc) is 2.52. The van der Waals surface area contributed by atoms with Crippen LogP contribution in [0.4, 0.5) is 11.8 Å². The number of carbonyl (C=O) groups is 1. The number of hydrogen-bond acceptors (Lipinski definition) is 5. The fraction of sp³-hybridized carbons (Fsp3) is 0.643. The highest BCUT2D eigenvalue weighted by Gasteiger charge is 2.24. The van der Waals surface area contributed by atoms with Crippen LogP contribution < -0.4 is 15.5 Å². The Morgan fingerprint density at radius 3 is 2.85 bits per heavy atom. The molecule has 0 saturated carbocycles. The monoisotopic (exact) mass is 277 g/mol. The Kier molecular flexibility index (Phi) is 5.15. The van der Waals surface area contributed by atoms with Crippen molar-refractivity contribution in [2.45, 2.75) is 26.2 Å². The second kappa shape index (κ2) is 7.07. The van der Waals surface area contributed by atoms with Gasteiger partial charge in [0.05, 0.1) is 0 Å². The van der Waals surface area contributed by atoms with Crippen LogP contribution in [-0.4, -0.2) is 42.6 Å². The lowest BCUT2D eigenvalue weighted by Crippen LogP contribution is -2.40. The van der Waals surface area contributed by atoms with Crippen LogP contribution in [0.2, 0.25) is 0 Å². The van der Waals surface area contributed by atoms with E-state index in [0.717, 1.165) is 44.7 Å². The summed E-state index contributed by atoms with van der Waals surface area (Å²) in [6, 6.07) is 1.93. The van der Waals surface area contributed by atoms with Gasteiger partial charge in [-0.3, -0.25) is 4.79 Å². The molecule has 0 bridgehead atoms. The SMILES string of the molecule is CCCNc1nccc(N2CCC(C(=O)NC)CC2)n1. The molecule has 1 aliphatic heterocycles. The van der Waals surface area contributed by atoms with Gasteiger partial charge in [-0.05, 0) is 25.3 Å². The fourth-order valence-corrected chi connectivity index (χ4v) is 2.42. The normalized spacial score (nSPS) is 16.0. The smallest absolute Gasteiger partial charge is 0.224 e. The van der Waals surface area contributed by atoms with E-state index < -0.39 is 0 Å². The molecule has 20 heavy (non-hydrogen) atoms. The Balaban J connectivity index is 1.94. The molecule has 6 heteroatoms. The zero-order valence-corrected chi connectivity index (χ0v) is 12.2. The molecule has 0 spiro atoms. The quantitative estimate of drug-likeness (QED) is 0.848. The van der Waals surface area contributed by atoms with Gasteiger partial charge in [0.15, 0.2) is 0 Å². The first-order valence-corrected chi connectivity index (χ1v) is 7.28. The summed E-state index contributed by atoms with van der Waals surface area (Å²) in [7, 11) is 1.70. The summed E-state index contributed by atoms with van der Waals surface area (Å²) in [5, 5.41) is 5.93. The minimum atomic E-state index is 0.135. The average molecular weight is 277 g/mol. The predicted octanol–water partition coefficient (Wildman–Crippen LogP) is 1.26. The Hall–Kier alpha value is -1.85. The third-order valence-corrected chi connectivity index (χ3v) is 3.61. The molecule has 110 valence electrons. The van der Waals surface area contributed by atoms with Crippen molar-refractivity contribution >= 4 is 17.7 Å². The van der Waals surface area contributed by atoms with Gasteiger partial charge in [-0.25, -0.2) is 4.98 Å². The summed E-state index contributed by atoms with van der Waals surface area (Å²) in [5.74, 6) is 1.90. The molecule has 1 amide bonds. The molecule has 0 radical (unpaired) electrons. The summed E-state index contributed by atoms with van der Waals surface area (Å²) in [5.41, 5.74) is 0. The molecule has 0 aliphatic carbocycles. The number of aromatic nitrogens is 2. The van der Waals surface area contributed by atoms with E-state index in [9.17, 15) is 4.79 Å². The van der Waals surface area contributed by atoms with Crippen molar-refractivity contribution in [2.75, 3.05) is 36.9 Å². The second-order valence-electron chi connectivity index (χ2n) is 5.04. The predicted molar refractivity (Wildman–Crippen MR) is 79.8 cm³/mol. The molecular formula is C14H23N5O. The lowest BCUT2D eigenvalue weighted by molar-refractivity contribution is -0.125. The van der Waals surface area contributed by atoms with E-state index in [0.29, 0.717) is 5.95 Å². The summed E-state index contributed by atoms with van der Waals surface area (Å²) >= 11 is 0. The van der Waals surface area contributed by atoms with Crippen molar-refractivity contribution < 1.29 is 4.79 Å². The van der Waals surface area contributed by atoms with E-state index in [1.54, 1.807) is 13.2 Å². The van der Waals surface area contributed by atoms with Crippen molar-refractivity contribution in [1.82, 2.24) is 15.3 Å². The highest BCUT2D eigenvalue weighted by molar-refractivity contribution is 5.78. The first kappa shape index (κ1) is 14.6. The molecular weight excluding hydrogens is 254 g/mol. The maximum atomic E-state index is 11.6. The van der Waals surface area contributed by atoms with Gasteiger partial charge >= 0.3 is 0 Å². The van der Waals surface area contributed by atoms with Crippen LogP contribution >= 0.6 is 0 Å². The molecule has 6 nitrogen and oxygen atoms in total. The van der Waals surface area contributed by atoms with Crippen LogP contribution in [0, 0.1) is 5.92 Å². The molecule has 1 aromatic heterocycles. The summed E-state index contributed by atoms with van der Waals surface area (Å²) in [6.45, 7) is 4.72. The fourth-order valence-electron chi connectivity index (χ4n) is 2.42. The van der Waals surface area contributed by atoms with E-state index in [4.69, 9.17) is 0 Å². The van der Waals surface area contributed by atoms with Gasteiger partial charge in [0.1, 0.15) is 5.82 Å². The largest absolute Gasteiger partial charge is 0.359 e. The molecule has 1 saturated heterocycles. The first-order valence-electron chi connectivity index (χ1n) is 7.28. The Bertz CT molecular complexity index is 443. The molecule has 2 heterocycles. The third kappa shape index (κ3) is 3.59. The van der Waals surface area contributed by atoms with Crippen molar-refractivity contribution in [2.24, 2.45) is 5.92 Å². The number of nitrogens with zero attached hydrogens (tertiary/aromatic N) is 3. The van der Waals surface area contributed by atoms with Crippen LogP contribution in [0.25, 0.3) is 0 Å². The highest BCUT2D eigenvalue weighted by Crippen LogP contribution is 2.22. The first-order chi connectivity index (χ1) is 9.74. The Labute approximate surface area is 120 Å². The highest BCUT2D eigenvalue weighted by atomic mass is 16.1. The minimum absolute atomic E-state index is 0.135. The van der Waals surface area contributed by atoms with Gasteiger partial charge in [0.2, 0.25) is 11.9 Å². The third-order valence-electron chi connectivity index (χ3n) is 3.61. The summed E-state index contributed by atoms with van der Waals surface area (Å²) in [6.07, 6.45) is 4.58. The Morgan fingerprint density at radius 1 is 1.45 bits per heavy atom. The lowest BCUT2D eigenvalue weighted by Gasteiger charge is -2.31. The number of amides is 1. The van der Waals surface area contributed by atoms with Gasteiger partial charge in [-0.2, -0.15) is 4.98 Å². The van der Waals surface area contributed by atoms with Gasteiger partial charge in [-0.1, -0.05) is 6.92 Å². The summed E-state index contributed by atoms with van der Waals surface area (Å²) in [4.78, 5) is 22.6. The van der Waals surface area contributed by atoms with Crippen molar-refractivity contribution in [3.8, 4) is 0 Å². The lowest BCUT2D eigenvalue weighted by atomic mass is 9.96. The summed E-state index contributed by atoms with van der Waals surface area (Å²) < 4.78 is 0. The van der Waals surface area contributed by atoms with Gasteiger partial charge in [-0.15, -0.1) is 0 Å². The Morgan fingerprint density at radius 2 is 2.20 bits per heavy atom. The molecule has 1 aliphatic rings. The maximum absolute atomic E-state index is 11.6. The van der Waals surface area contributed by atoms with Crippen LogP contribution in [0.3, 0.4) is 0 Å². The second-order valence-corrected chi connectivity index (χ2v) is 5.04. The van der Waals surface area contributed by atoms with Crippen LogP contribution in [0.5, 0.6) is 0 Å². The number of hydrogen-bond donors (Lipinski definition) is 2. The number of nitrogens with one attached hydrogen (secondary N) is 2. The van der Waals surface area contributed by atoms with Gasteiger partial charge in [0, 0.05) is 38.8 Å². The van der Waals surface area contributed by atoms with Crippen molar-refractivity contribution in [3.05, 3.63) is 12.3 Å². The minimum Gasteiger partial charge on any atom is -0.359 e. The number of rotatable bonds is 5. The zero-order chi connectivity index (χ0) is 14.4. The maximum Gasteiger partial charge on any atom is 0.224 e. The number of piperidine rings is 1.